The Morgan fingerprint density at radius 3 is 1.47 bits per heavy atom. The fourth-order valence-electron chi connectivity index (χ4n) is 4.39. The number of aliphatic hydroxyl groups excluding tert-OH is 1. The van der Waals surface area contributed by atoms with E-state index < -0.39 is 0 Å². The van der Waals surface area contributed by atoms with Gasteiger partial charge in [-0.2, -0.15) is 0 Å². The average Bonchev–Trinajstić information content (AvgIpc) is 2.84. The molecule has 0 radical (unpaired) electrons. The maximum Gasteiger partial charge on any atom is 0.305 e. The van der Waals surface area contributed by atoms with Crippen LogP contribution in [0.1, 0.15) is 167 Å². The highest BCUT2D eigenvalue weighted by atomic mass is 16.5. The highest BCUT2D eigenvalue weighted by Crippen LogP contribution is 2.14. The number of hydrogen-bond acceptors (Lipinski definition) is 3. The number of aliphatic hydroxyl groups is 1. The van der Waals surface area contributed by atoms with Crippen molar-refractivity contribution in [2.75, 3.05) is 13.2 Å². The molecule has 0 fully saturated rings. The van der Waals surface area contributed by atoms with Crippen molar-refractivity contribution < 1.29 is 14.6 Å². The Morgan fingerprint density at radius 2 is 0.971 bits per heavy atom. The molecule has 3 heteroatoms. The van der Waals surface area contributed by atoms with Crippen LogP contribution in [0.2, 0.25) is 0 Å². The number of rotatable bonds is 28. The summed E-state index contributed by atoms with van der Waals surface area (Å²) in [6.45, 7) is 3.20. The molecule has 0 atom stereocenters. The molecule has 0 aliphatic heterocycles. The van der Waals surface area contributed by atoms with E-state index in [9.17, 15) is 4.79 Å². The number of esters is 1. The summed E-state index contributed by atoms with van der Waals surface area (Å²) in [6, 6.07) is 0. The molecule has 0 aromatic heterocycles. The molecule has 0 spiro atoms. The highest BCUT2D eigenvalue weighted by molar-refractivity contribution is 5.69. The van der Waals surface area contributed by atoms with Crippen molar-refractivity contribution in [2.45, 2.75) is 167 Å². The molecule has 0 aromatic carbocycles. The SMILES string of the molecule is CCCC/C=C\CCCCCCCC(=O)OCCCCCCCCCCCCCCCCCO. The van der Waals surface area contributed by atoms with Crippen LogP contribution in [0.5, 0.6) is 0 Å². The zero-order valence-corrected chi connectivity index (χ0v) is 23.0. The van der Waals surface area contributed by atoms with Crippen molar-refractivity contribution in [3.63, 3.8) is 0 Å². The summed E-state index contributed by atoms with van der Waals surface area (Å²) < 4.78 is 5.39. The minimum Gasteiger partial charge on any atom is -0.466 e. The summed E-state index contributed by atoms with van der Waals surface area (Å²) in [6.07, 6.45) is 35.5. The van der Waals surface area contributed by atoms with Crippen LogP contribution in [0, 0.1) is 0 Å². The van der Waals surface area contributed by atoms with Crippen LogP contribution < -0.4 is 0 Å². The molecule has 1 N–H and O–H groups in total. The van der Waals surface area contributed by atoms with Crippen LogP contribution in [-0.2, 0) is 9.53 Å². The number of ether oxygens (including phenoxy) is 1. The van der Waals surface area contributed by atoms with Gasteiger partial charge in [0.05, 0.1) is 6.61 Å². The molecule has 0 saturated heterocycles. The van der Waals surface area contributed by atoms with Crippen molar-refractivity contribution >= 4 is 5.97 Å². The molecule has 0 heterocycles. The van der Waals surface area contributed by atoms with E-state index >= 15 is 0 Å². The van der Waals surface area contributed by atoms with Crippen LogP contribution in [-0.4, -0.2) is 24.3 Å². The molecule has 34 heavy (non-hydrogen) atoms. The Bertz CT molecular complexity index is 419. The van der Waals surface area contributed by atoms with E-state index in [1.165, 1.54) is 128 Å². The van der Waals surface area contributed by atoms with Crippen molar-refractivity contribution in [1.82, 2.24) is 0 Å². The lowest BCUT2D eigenvalue weighted by Gasteiger charge is -2.05. The quantitative estimate of drug-likeness (QED) is 0.0688. The molecule has 0 amide bonds. The molecular formula is C31H60O3. The van der Waals surface area contributed by atoms with Crippen molar-refractivity contribution in [1.29, 1.82) is 0 Å². The van der Waals surface area contributed by atoms with Gasteiger partial charge in [0.15, 0.2) is 0 Å². The molecule has 3 nitrogen and oxygen atoms in total. The second-order valence-corrected chi connectivity index (χ2v) is 10.2. The van der Waals surface area contributed by atoms with E-state index in [1.54, 1.807) is 0 Å². The smallest absolute Gasteiger partial charge is 0.305 e. The minimum absolute atomic E-state index is 0.00372. The van der Waals surface area contributed by atoms with E-state index in [2.05, 4.69) is 19.1 Å². The Balaban J connectivity index is 3.16. The summed E-state index contributed by atoms with van der Waals surface area (Å²) >= 11 is 0. The Morgan fingerprint density at radius 1 is 0.559 bits per heavy atom. The Labute approximate surface area is 213 Å². The monoisotopic (exact) mass is 480 g/mol. The average molecular weight is 481 g/mol. The zero-order valence-electron chi connectivity index (χ0n) is 23.0. The van der Waals surface area contributed by atoms with Gasteiger partial charge in [0.1, 0.15) is 0 Å². The van der Waals surface area contributed by atoms with E-state index in [1.807, 2.05) is 0 Å². The van der Waals surface area contributed by atoms with Gasteiger partial charge in [0, 0.05) is 13.0 Å². The van der Waals surface area contributed by atoms with Gasteiger partial charge in [0.2, 0.25) is 0 Å². The summed E-state index contributed by atoms with van der Waals surface area (Å²) in [4.78, 5) is 11.8. The third-order valence-electron chi connectivity index (χ3n) is 6.71. The zero-order chi connectivity index (χ0) is 24.8. The minimum atomic E-state index is 0.00372. The predicted molar refractivity (Wildman–Crippen MR) is 148 cm³/mol. The number of hydrogen-bond donors (Lipinski definition) is 1. The number of allylic oxidation sites excluding steroid dienone is 2. The van der Waals surface area contributed by atoms with Gasteiger partial charge in [-0.25, -0.2) is 0 Å². The molecule has 202 valence electrons. The first-order valence-corrected chi connectivity index (χ1v) is 15.2. The van der Waals surface area contributed by atoms with Crippen molar-refractivity contribution in [3.8, 4) is 0 Å². The van der Waals surface area contributed by atoms with Crippen LogP contribution >= 0.6 is 0 Å². The normalized spacial score (nSPS) is 11.5. The molecule has 0 bridgehead atoms. The van der Waals surface area contributed by atoms with Crippen LogP contribution in [0.3, 0.4) is 0 Å². The van der Waals surface area contributed by atoms with Gasteiger partial charge in [-0.3, -0.25) is 4.79 Å². The molecule has 0 aromatic rings. The predicted octanol–water partition coefficient (Wildman–Crippen LogP) is 9.85. The Hall–Kier alpha value is -0.830. The summed E-state index contributed by atoms with van der Waals surface area (Å²) in [7, 11) is 0. The van der Waals surface area contributed by atoms with Gasteiger partial charge in [-0.1, -0.05) is 135 Å². The molecule has 0 unspecified atom stereocenters. The van der Waals surface area contributed by atoms with E-state index in [-0.39, 0.29) is 5.97 Å². The maximum absolute atomic E-state index is 11.8. The largest absolute Gasteiger partial charge is 0.466 e. The number of carbonyl (C=O) groups excluding carboxylic acids is 1. The second kappa shape index (κ2) is 30.2. The fourth-order valence-corrected chi connectivity index (χ4v) is 4.39. The third kappa shape index (κ3) is 29.2. The van der Waals surface area contributed by atoms with E-state index in [0.717, 1.165) is 25.7 Å². The van der Waals surface area contributed by atoms with Gasteiger partial charge in [-0.15, -0.1) is 0 Å². The van der Waals surface area contributed by atoms with Gasteiger partial charge < -0.3 is 9.84 Å². The number of carbonyl (C=O) groups is 1. The van der Waals surface area contributed by atoms with Gasteiger partial charge in [0.25, 0.3) is 0 Å². The van der Waals surface area contributed by atoms with Crippen LogP contribution in [0.4, 0.5) is 0 Å². The lowest BCUT2D eigenvalue weighted by atomic mass is 10.0. The molecule has 0 saturated carbocycles. The summed E-state index contributed by atoms with van der Waals surface area (Å²) in [5.41, 5.74) is 0. The first-order valence-electron chi connectivity index (χ1n) is 15.2. The lowest BCUT2D eigenvalue weighted by Crippen LogP contribution is -2.05. The summed E-state index contributed by atoms with van der Waals surface area (Å²) in [5.74, 6) is 0.00372. The van der Waals surface area contributed by atoms with Gasteiger partial charge in [-0.05, 0) is 38.5 Å². The molecule has 0 aliphatic carbocycles. The fraction of sp³-hybridized carbons (Fsp3) is 0.903. The highest BCUT2D eigenvalue weighted by Gasteiger charge is 2.02. The summed E-state index contributed by atoms with van der Waals surface area (Å²) in [5, 5.41) is 8.76. The maximum atomic E-state index is 11.8. The second-order valence-electron chi connectivity index (χ2n) is 10.2. The molecule has 0 rings (SSSR count). The standard InChI is InChI=1S/C31H60O3/c1-2-3-4-5-6-7-13-16-19-22-25-28-31(33)34-30-27-24-21-18-15-12-10-8-9-11-14-17-20-23-26-29-32/h5-6,32H,2-4,7-30H2,1H3/b6-5-. The van der Waals surface area contributed by atoms with E-state index in [0.29, 0.717) is 19.6 Å². The van der Waals surface area contributed by atoms with Crippen molar-refractivity contribution in [2.24, 2.45) is 0 Å². The Kier molecular flexibility index (Phi) is 29.5. The first-order chi connectivity index (χ1) is 16.8. The number of unbranched alkanes of at least 4 members (excludes halogenated alkanes) is 21. The van der Waals surface area contributed by atoms with Crippen molar-refractivity contribution in [3.05, 3.63) is 12.2 Å². The van der Waals surface area contributed by atoms with Crippen LogP contribution in [0.15, 0.2) is 12.2 Å². The molecular weight excluding hydrogens is 420 g/mol. The van der Waals surface area contributed by atoms with E-state index in [4.69, 9.17) is 9.84 Å². The van der Waals surface area contributed by atoms with Gasteiger partial charge >= 0.3 is 5.97 Å². The third-order valence-corrected chi connectivity index (χ3v) is 6.71. The molecule has 0 aliphatic rings. The van der Waals surface area contributed by atoms with Crippen LogP contribution in [0.25, 0.3) is 0 Å². The first kappa shape index (κ1) is 33.2. The lowest BCUT2D eigenvalue weighted by molar-refractivity contribution is -0.143. The topological polar surface area (TPSA) is 46.5 Å².